The van der Waals surface area contributed by atoms with Gasteiger partial charge in [0.25, 0.3) is 12.9 Å². The zero-order chi connectivity index (χ0) is 96.7. The van der Waals surface area contributed by atoms with Gasteiger partial charge in [0.05, 0.1) is 35.6 Å². The van der Waals surface area contributed by atoms with Gasteiger partial charge >= 0.3 is 23.9 Å². The second-order valence-corrected chi connectivity index (χ2v) is 35.5. The quantitative estimate of drug-likeness (QED) is 0.00453. The number of hydrogen-bond acceptors (Lipinski definition) is 16. The van der Waals surface area contributed by atoms with Crippen molar-refractivity contribution < 1.29 is 121 Å². The number of carboxylic acids is 4. The lowest BCUT2D eigenvalue weighted by Crippen LogP contribution is -3.00. The van der Waals surface area contributed by atoms with Crippen LogP contribution in [0.4, 0.5) is 45.5 Å². The number of unbranched alkanes of at least 4 members (excludes halogenated alkanes) is 6. The summed E-state index contributed by atoms with van der Waals surface area (Å²) in [6.45, 7) is 34.5. The first-order valence-electron chi connectivity index (χ1n) is 45.9. The molecule has 4 aliphatic heterocycles. The summed E-state index contributed by atoms with van der Waals surface area (Å²) in [6.07, 6.45) is 31.2. The first kappa shape index (κ1) is 109. The van der Waals surface area contributed by atoms with Gasteiger partial charge in [-0.2, -0.15) is 19.7 Å². The number of carbonyl (C=O) groups excluding carboxylic acids is 3. The van der Waals surface area contributed by atoms with E-state index in [1.54, 1.807) is 12.1 Å². The molecule has 0 saturated carbocycles. The van der Waals surface area contributed by atoms with Crippen LogP contribution in [0.1, 0.15) is 188 Å². The maximum atomic E-state index is 11.8. The molecule has 1 amide bonds. The Morgan fingerprint density at radius 1 is 0.504 bits per heavy atom. The summed E-state index contributed by atoms with van der Waals surface area (Å²) in [5.74, 6) is -3.97. The fraction of sp³-hybridized carbons (Fsp3) is 0.355. The van der Waals surface area contributed by atoms with Crippen LogP contribution in [0.3, 0.4) is 0 Å². The van der Waals surface area contributed by atoms with Gasteiger partial charge in [-0.1, -0.05) is 177 Å². The summed E-state index contributed by atoms with van der Waals surface area (Å²) in [4.78, 5) is 89.2. The lowest BCUT2D eigenvalue weighted by molar-refractivity contribution is -0.436. The van der Waals surface area contributed by atoms with Crippen molar-refractivity contribution in [2.75, 3.05) is 109 Å². The zero-order valence-corrected chi connectivity index (χ0v) is 84.8. The SMILES string of the molecule is CC(=O)Nc1ccc2c(c1)C(C)(C)C(=CC=CC1=[N+](CCC(=O)O)c3ccc4ccccc4c3C1(C)C)N2CCOC=O.CCCCCCN(CCCCCC)c1ccc2c(c1)C(C)(C)C(=CC=C(C#N)C=CC1=[N+](CCC(=O)O)c3ccc4ccccc4c3C1(C)C)N2CCOC=O.CCN(CC)c1ccc(/C=C(/C#N)C(=O)O)cc1.CN(C)c1ccc(/C=C/C=C/C(=O)O)cc1.[I-].[I-]. The molecule has 0 aromatic heterocycles. The molecule has 135 heavy (non-hydrogen) atoms. The van der Waals surface area contributed by atoms with E-state index in [9.17, 15) is 49.0 Å². The minimum absolute atomic E-state index is 0. The highest BCUT2D eigenvalue weighted by atomic mass is 127. The minimum Gasteiger partial charge on any atom is -1.00 e. The number of allylic oxidation sites excluding steroid dienone is 12. The molecular formula is C110H130I2N10O13. The van der Waals surface area contributed by atoms with Gasteiger partial charge in [0.2, 0.25) is 17.3 Å². The van der Waals surface area contributed by atoms with Gasteiger partial charge in [-0.3, -0.25) is 24.0 Å². The van der Waals surface area contributed by atoms with Crippen molar-refractivity contribution in [3.63, 3.8) is 0 Å². The van der Waals surface area contributed by atoms with Gasteiger partial charge in [-0.25, -0.2) is 9.59 Å². The number of amides is 1. The highest BCUT2D eigenvalue weighted by Gasteiger charge is 2.48. The van der Waals surface area contributed by atoms with Crippen LogP contribution in [-0.4, -0.2) is 163 Å². The van der Waals surface area contributed by atoms with E-state index in [1.165, 1.54) is 87.3 Å². The first-order valence-corrected chi connectivity index (χ1v) is 45.9. The molecule has 4 heterocycles. The molecule has 0 unspecified atom stereocenters. The molecule has 0 fully saturated rings. The number of anilines is 6. The Kier molecular flexibility index (Phi) is 41.8. The summed E-state index contributed by atoms with van der Waals surface area (Å²) >= 11 is 0. The van der Waals surface area contributed by atoms with Crippen LogP contribution < -0.4 is 77.8 Å². The standard InChI is InChI=1S/C48H60N4O4.C35H37N3O5.C14H16N2O2.C13H15NO2.2HI/c1-7-9-11-15-28-50(29-16-12-10-8-2)38-22-24-41-40(33-38)47(3,4)43(52(41)31-32-56-35-53)25-19-36(34-49)20-26-44-48(5,6)46-39-18-14-13-17-37(39)21-23-42(46)51(44)30-27-45(54)55;1-23(40)36-25-14-16-28-27(21-25)34(2,3)30(38(28)19-20-43-22-39)11-8-12-31-35(4,5)33-26-10-7-6-9-24(26)13-15-29(33)37(31)18-17-32(41)42;1-3-16(4-2)13-7-5-11(6-8-13)9-12(10-15)14(17)18;1-14(2)12-9-7-11(8-10-12)5-3-4-6-13(15)16;;/h13-14,17-26,33,35H,7-12,15-16,27-32H2,1-6H3;6-16,21-22H,17-20H2,1-5H3,(H-,36,40,41,42);5-9H,3-4H2,1-2H3,(H,17,18);3-10H,1-2H3,(H,15,16);2*1H/b;;12-9-;5-3+,6-4+;;. The smallest absolute Gasteiger partial charge is 0.346 e. The van der Waals surface area contributed by atoms with E-state index >= 15 is 0 Å². The molecule has 8 aromatic rings. The Bertz CT molecular complexity index is 5940. The highest BCUT2D eigenvalue weighted by Crippen LogP contribution is 2.52. The van der Waals surface area contributed by atoms with Gasteiger partial charge in [0.1, 0.15) is 37.7 Å². The van der Waals surface area contributed by atoms with Crippen LogP contribution in [0, 0.1) is 22.7 Å². The molecule has 0 aliphatic carbocycles. The molecule has 0 atom stereocenters. The maximum absolute atomic E-state index is 11.8. The van der Waals surface area contributed by atoms with Gasteiger partial charge in [0.15, 0.2) is 24.5 Å². The highest BCUT2D eigenvalue weighted by molar-refractivity contribution is 6.09. The molecule has 0 spiro atoms. The van der Waals surface area contributed by atoms with Crippen molar-refractivity contribution in [3.8, 4) is 12.1 Å². The molecule has 0 radical (unpaired) electrons. The zero-order valence-electron chi connectivity index (χ0n) is 80.5. The van der Waals surface area contributed by atoms with Crippen LogP contribution in [0.5, 0.6) is 0 Å². The Labute approximate surface area is 830 Å². The minimum atomic E-state index is -1.20. The van der Waals surface area contributed by atoms with Crippen LogP contribution in [0.2, 0.25) is 0 Å². The molecule has 0 saturated heterocycles. The number of halogens is 2. The summed E-state index contributed by atoms with van der Waals surface area (Å²) < 4.78 is 14.5. The van der Waals surface area contributed by atoms with E-state index < -0.39 is 34.7 Å². The topological polar surface area (TPSA) is 301 Å². The van der Waals surface area contributed by atoms with Gasteiger partial charge in [0, 0.05) is 145 Å². The van der Waals surface area contributed by atoms with Crippen molar-refractivity contribution in [1.82, 2.24) is 0 Å². The van der Waals surface area contributed by atoms with Crippen LogP contribution in [-0.2, 0) is 64.7 Å². The molecule has 0 bridgehead atoms. The number of carboxylic acid groups (broad SMARTS) is 4. The second kappa shape index (κ2) is 51.7. The van der Waals surface area contributed by atoms with Gasteiger partial charge in [-0.15, -0.1) is 0 Å². The van der Waals surface area contributed by atoms with Crippen molar-refractivity contribution in [3.05, 3.63) is 274 Å². The number of hydrogen-bond donors (Lipinski definition) is 5. The number of rotatable bonds is 40. The van der Waals surface area contributed by atoms with Gasteiger partial charge in [-0.05, 0) is 201 Å². The average Bonchev–Trinajstić information content (AvgIpc) is 1.58. The summed E-state index contributed by atoms with van der Waals surface area (Å²) in [5.41, 5.74) is 17.3. The first-order chi connectivity index (χ1) is 63.7. The van der Waals surface area contributed by atoms with Crippen LogP contribution in [0.25, 0.3) is 33.7 Å². The Morgan fingerprint density at radius 3 is 1.45 bits per heavy atom. The van der Waals surface area contributed by atoms with Crippen LogP contribution >= 0.6 is 0 Å². The number of ether oxygens (including phenoxy) is 2. The summed E-state index contributed by atoms with van der Waals surface area (Å²) in [5, 5.41) is 62.9. The molecule has 12 rings (SSSR count). The predicted octanol–water partition coefficient (Wildman–Crippen LogP) is 15.5. The fourth-order valence-corrected chi connectivity index (χ4v) is 18.0. The van der Waals surface area contributed by atoms with E-state index in [0.717, 1.165) is 133 Å². The molecule has 5 N–H and O–H groups in total. The number of benzene rings is 8. The van der Waals surface area contributed by atoms with E-state index in [2.05, 4.69) is 202 Å². The fourth-order valence-electron chi connectivity index (χ4n) is 18.0. The van der Waals surface area contributed by atoms with Crippen molar-refractivity contribution in [2.45, 2.75) is 176 Å². The normalized spacial score (nSPS) is 15.1. The second-order valence-electron chi connectivity index (χ2n) is 35.5. The lowest BCUT2D eigenvalue weighted by Gasteiger charge is -2.27. The lowest BCUT2D eigenvalue weighted by atomic mass is 9.79. The third-order valence-corrected chi connectivity index (χ3v) is 24.8. The van der Waals surface area contributed by atoms with Crippen molar-refractivity contribution in [1.29, 1.82) is 10.5 Å². The van der Waals surface area contributed by atoms with Gasteiger partial charge < -0.3 is 108 Å². The third kappa shape index (κ3) is 28.0. The molecule has 4 aliphatic rings. The van der Waals surface area contributed by atoms with E-state index in [0.29, 0.717) is 50.3 Å². The Morgan fingerprint density at radius 2 is 0.985 bits per heavy atom. The van der Waals surface area contributed by atoms with Crippen LogP contribution in [0.15, 0.2) is 241 Å². The summed E-state index contributed by atoms with van der Waals surface area (Å²) in [6, 6.07) is 57.2. The number of nitrogens with zero attached hydrogens (tertiary/aromatic N) is 9. The number of nitriles is 2. The summed E-state index contributed by atoms with van der Waals surface area (Å²) in [7, 11) is 3.97. The molecule has 712 valence electrons. The molecule has 8 aromatic carbocycles. The number of carbonyl (C=O) groups is 7. The molecular weight excluding hydrogens is 1920 g/mol. The van der Waals surface area contributed by atoms with Crippen molar-refractivity contribution in [2.24, 2.45) is 0 Å². The monoisotopic (exact) mass is 2050 g/mol. The van der Waals surface area contributed by atoms with Crippen molar-refractivity contribution >= 4 is 133 Å². The maximum Gasteiger partial charge on any atom is 0.346 e. The van der Waals surface area contributed by atoms with E-state index in [-0.39, 0.29) is 96.3 Å². The van der Waals surface area contributed by atoms with E-state index in [1.807, 2.05) is 146 Å². The number of aliphatic carboxylic acids is 4. The third-order valence-electron chi connectivity index (χ3n) is 24.8. The number of nitrogens with one attached hydrogen (secondary N) is 1. The average molecular weight is 2050 g/mol. The molecule has 25 heteroatoms. The Hall–Kier alpha value is -12.7. The Balaban J connectivity index is 0.000000275. The molecule has 23 nitrogen and oxygen atoms in total. The number of fused-ring (bicyclic) bond motifs is 8. The largest absolute Gasteiger partial charge is 1.00 e. The van der Waals surface area contributed by atoms with E-state index in [4.69, 9.17) is 24.9 Å². The predicted molar refractivity (Wildman–Crippen MR) is 536 cm³/mol.